The Morgan fingerprint density at radius 3 is 2.81 bits per heavy atom. The van der Waals surface area contributed by atoms with E-state index in [1.807, 2.05) is 36.5 Å². The van der Waals surface area contributed by atoms with Gasteiger partial charge >= 0.3 is 0 Å². The predicted molar refractivity (Wildman–Crippen MR) is 82.7 cm³/mol. The summed E-state index contributed by atoms with van der Waals surface area (Å²) in [5.74, 6) is 0.810. The van der Waals surface area contributed by atoms with Gasteiger partial charge in [-0.3, -0.25) is 9.78 Å². The number of benzene rings is 1. The van der Waals surface area contributed by atoms with Gasteiger partial charge in [0.2, 0.25) is 0 Å². The minimum absolute atomic E-state index is 0.670. The molecule has 0 saturated heterocycles. The molecule has 0 atom stereocenters. The molecule has 0 aliphatic heterocycles. The Morgan fingerprint density at radius 1 is 1.29 bits per heavy atom. The van der Waals surface area contributed by atoms with Crippen molar-refractivity contribution < 1.29 is 9.53 Å². The lowest BCUT2D eigenvalue weighted by Crippen LogP contribution is -2.21. The van der Waals surface area contributed by atoms with E-state index in [-0.39, 0.29) is 0 Å². The summed E-state index contributed by atoms with van der Waals surface area (Å²) in [6, 6.07) is 11.4. The number of pyridine rings is 1. The summed E-state index contributed by atoms with van der Waals surface area (Å²) in [5, 5.41) is 0. The van der Waals surface area contributed by atoms with E-state index >= 15 is 0 Å². The van der Waals surface area contributed by atoms with Gasteiger partial charge in [-0.25, -0.2) is 0 Å². The van der Waals surface area contributed by atoms with E-state index in [2.05, 4.69) is 16.9 Å². The second-order valence-corrected chi connectivity index (χ2v) is 5.00. The molecule has 0 N–H and O–H groups in total. The Bertz CT molecular complexity index is 585. The lowest BCUT2D eigenvalue weighted by Gasteiger charge is -2.18. The zero-order valence-electron chi connectivity index (χ0n) is 12.5. The molecule has 0 aliphatic rings. The molecule has 0 fully saturated rings. The number of hydrogen-bond donors (Lipinski definition) is 0. The molecule has 0 saturated carbocycles. The minimum Gasteiger partial charge on any atom is -0.496 e. The Kier molecular flexibility index (Phi) is 5.46. The molecule has 0 aliphatic carbocycles. The van der Waals surface area contributed by atoms with Crippen molar-refractivity contribution in [1.82, 2.24) is 9.88 Å². The molecule has 2 rings (SSSR count). The van der Waals surface area contributed by atoms with Crippen LogP contribution >= 0.6 is 0 Å². The van der Waals surface area contributed by atoms with Crippen LogP contribution < -0.4 is 4.74 Å². The summed E-state index contributed by atoms with van der Waals surface area (Å²) in [6.07, 6.45) is 3.57. The second kappa shape index (κ2) is 7.55. The lowest BCUT2D eigenvalue weighted by molar-refractivity contribution is 0.112. The standard InChI is InChI=1S/C17H20N2O2/c1-19(10-8-16-5-3-4-9-18-16)12-15-11-14(13-20)6-7-17(15)21-2/h3-7,9,11,13H,8,10,12H2,1-2H3. The second-order valence-electron chi connectivity index (χ2n) is 5.00. The van der Waals surface area contributed by atoms with Gasteiger partial charge in [-0.15, -0.1) is 0 Å². The summed E-state index contributed by atoms with van der Waals surface area (Å²) in [6.45, 7) is 1.63. The van der Waals surface area contributed by atoms with Crippen molar-refractivity contribution in [2.45, 2.75) is 13.0 Å². The first-order valence-electron chi connectivity index (χ1n) is 6.93. The number of carbonyl (C=O) groups is 1. The third kappa shape index (κ3) is 4.39. The molecule has 4 heteroatoms. The first-order valence-corrected chi connectivity index (χ1v) is 6.93. The van der Waals surface area contributed by atoms with Crippen molar-refractivity contribution in [3.05, 3.63) is 59.4 Å². The number of ether oxygens (including phenoxy) is 1. The van der Waals surface area contributed by atoms with Gasteiger partial charge in [0, 0.05) is 42.5 Å². The van der Waals surface area contributed by atoms with Gasteiger partial charge in [0.05, 0.1) is 7.11 Å². The fraction of sp³-hybridized carbons (Fsp3) is 0.294. The van der Waals surface area contributed by atoms with Gasteiger partial charge in [0.25, 0.3) is 0 Å². The van der Waals surface area contributed by atoms with Gasteiger partial charge in [-0.05, 0) is 37.4 Å². The molecule has 1 aromatic carbocycles. The highest BCUT2D eigenvalue weighted by Gasteiger charge is 2.08. The highest BCUT2D eigenvalue weighted by Crippen LogP contribution is 2.20. The quantitative estimate of drug-likeness (QED) is 0.733. The number of rotatable bonds is 7. The number of likely N-dealkylation sites (N-methyl/N-ethyl adjacent to an activating group) is 1. The van der Waals surface area contributed by atoms with Gasteiger partial charge < -0.3 is 9.64 Å². The zero-order chi connectivity index (χ0) is 15.1. The largest absolute Gasteiger partial charge is 0.496 e. The van der Waals surface area contributed by atoms with Crippen LogP contribution in [0.3, 0.4) is 0 Å². The molecule has 0 amide bonds. The molecule has 4 nitrogen and oxygen atoms in total. The average molecular weight is 284 g/mol. The Balaban J connectivity index is 1.98. The Hall–Kier alpha value is -2.20. The fourth-order valence-corrected chi connectivity index (χ4v) is 2.22. The van der Waals surface area contributed by atoms with Crippen molar-refractivity contribution in [1.29, 1.82) is 0 Å². The maximum Gasteiger partial charge on any atom is 0.150 e. The van der Waals surface area contributed by atoms with E-state index in [1.54, 1.807) is 13.2 Å². The van der Waals surface area contributed by atoms with Gasteiger partial charge in [0.15, 0.2) is 0 Å². The number of carbonyl (C=O) groups excluding carboxylic acids is 1. The monoisotopic (exact) mass is 284 g/mol. The normalized spacial score (nSPS) is 10.6. The molecule has 21 heavy (non-hydrogen) atoms. The van der Waals surface area contributed by atoms with Crippen LogP contribution in [0.15, 0.2) is 42.6 Å². The molecule has 0 bridgehead atoms. The lowest BCUT2D eigenvalue weighted by atomic mass is 10.1. The van der Waals surface area contributed by atoms with E-state index < -0.39 is 0 Å². The predicted octanol–water partition coefficient (Wildman–Crippen LogP) is 2.58. The van der Waals surface area contributed by atoms with Crippen LogP contribution in [0.5, 0.6) is 5.75 Å². The van der Waals surface area contributed by atoms with Crippen molar-refractivity contribution in [3.63, 3.8) is 0 Å². The summed E-state index contributed by atoms with van der Waals surface area (Å²) in [4.78, 5) is 17.4. The molecule has 1 heterocycles. The first-order chi connectivity index (χ1) is 10.2. The minimum atomic E-state index is 0.670. The highest BCUT2D eigenvalue weighted by atomic mass is 16.5. The van der Waals surface area contributed by atoms with Gasteiger partial charge in [-0.2, -0.15) is 0 Å². The van der Waals surface area contributed by atoms with Crippen LogP contribution in [-0.2, 0) is 13.0 Å². The summed E-state index contributed by atoms with van der Waals surface area (Å²) in [7, 11) is 3.70. The van der Waals surface area contributed by atoms with Crippen LogP contribution in [-0.4, -0.2) is 36.9 Å². The van der Waals surface area contributed by atoms with Crippen LogP contribution in [0.4, 0.5) is 0 Å². The topological polar surface area (TPSA) is 42.4 Å². The third-order valence-electron chi connectivity index (χ3n) is 3.36. The zero-order valence-corrected chi connectivity index (χ0v) is 12.5. The van der Waals surface area contributed by atoms with E-state index in [0.717, 1.165) is 42.8 Å². The van der Waals surface area contributed by atoms with Crippen LogP contribution in [0.25, 0.3) is 0 Å². The number of aromatic nitrogens is 1. The van der Waals surface area contributed by atoms with Crippen molar-refractivity contribution in [3.8, 4) is 5.75 Å². The van der Waals surface area contributed by atoms with E-state index in [1.165, 1.54) is 0 Å². The SMILES string of the molecule is COc1ccc(C=O)cc1CN(C)CCc1ccccn1. The smallest absolute Gasteiger partial charge is 0.150 e. The van der Waals surface area contributed by atoms with Crippen LogP contribution in [0.2, 0.25) is 0 Å². The number of nitrogens with zero attached hydrogens (tertiary/aromatic N) is 2. The van der Waals surface area contributed by atoms with E-state index in [9.17, 15) is 4.79 Å². The number of methoxy groups -OCH3 is 1. The molecule has 2 aromatic rings. The molecule has 0 unspecified atom stereocenters. The molecule has 110 valence electrons. The average Bonchev–Trinajstić information content (AvgIpc) is 2.54. The fourth-order valence-electron chi connectivity index (χ4n) is 2.22. The highest BCUT2D eigenvalue weighted by molar-refractivity contribution is 5.75. The Labute approximate surface area is 125 Å². The maximum absolute atomic E-state index is 10.9. The summed E-state index contributed by atoms with van der Waals surface area (Å²) < 4.78 is 5.35. The number of hydrogen-bond acceptors (Lipinski definition) is 4. The van der Waals surface area contributed by atoms with Crippen molar-refractivity contribution in [2.24, 2.45) is 0 Å². The summed E-state index contributed by atoms with van der Waals surface area (Å²) >= 11 is 0. The van der Waals surface area contributed by atoms with Crippen molar-refractivity contribution >= 4 is 6.29 Å². The Morgan fingerprint density at radius 2 is 2.14 bits per heavy atom. The molecular weight excluding hydrogens is 264 g/mol. The summed E-state index contributed by atoms with van der Waals surface area (Å²) in [5.41, 5.74) is 2.77. The first kappa shape index (κ1) is 15.2. The van der Waals surface area contributed by atoms with Gasteiger partial charge in [-0.1, -0.05) is 6.07 Å². The third-order valence-corrected chi connectivity index (χ3v) is 3.36. The number of aldehydes is 1. The van der Waals surface area contributed by atoms with Crippen LogP contribution in [0, 0.1) is 0 Å². The molecular formula is C17H20N2O2. The van der Waals surface area contributed by atoms with E-state index in [4.69, 9.17) is 4.74 Å². The van der Waals surface area contributed by atoms with E-state index in [0.29, 0.717) is 5.56 Å². The van der Waals surface area contributed by atoms with Gasteiger partial charge in [0.1, 0.15) is 12.0 Å². The molecule has 1 aromatic heterocycles. The maximum atomic E-state index is 10.9. The molecule has 0 radical (unpaired) electrons. The van der Waals surface area contributed by atoms with Crippen LogP contribution in [0.1, 0.15) is 21.6 Å². The van der Waals surface area contributed by atoms with Crippen molar-refractivity contribution in [2.75, 3.05) is 20.7 Å². The molecule has 0 spiro atoms.